The molecule has 7 nitrogen and oxygen atoms in total. The Morgan fingerprint density at radius 3 is 2.12 bits per heavy atom. The molecular weight excluding hydrogens is 462 g/mol. The minimum atomic E-state index is -4.01. The quantitative estimate of drug-likeness (QED) is 0.534. The summed E-state index contributed by atoms with van der Waals surface area (Å²) in [7, 11) is -4.01. The number of sulfonamides is 1. The Labute approximate surface area is 197 Å². The van der Waals surface area contributed by atoms with E-state index in [4.69, 9.17) is 11.6 Å². The van der Waals surface area contributed by atoms with E-state index in [1.54, 1.807) is 36.7 Å². The summed E-state index contributed by atoms with van der Waals surface area (Å²) < 4.78 is 28.6. The Morgan fingerprint density at radius 2 is 1.52 bits per heavy atom. The summed E-state index contributed by atoms with van der Waals surface area (Å²) in [6.07, 6.45) is 3.12. The summed E-state index contributed by atoms with van der Waals surface area (Å²) in [5.74, 6) is -1.19. The van der Waals surface area contributed by atoms with Crippen LogP contribution in [0.2, 0.25) is 5.02 Å². The largest absolute Gasteiger partial charge is 0.279 e. The fraction of sp³-hybridized carbons (Fsp3) is 0.208. The molecule has 2 aromatic carbocycles. The number of amides is 2. The van der Waals surface area contributed by atoms with Crippen LogP contribution in [0.15, 0.2) is 65.8 Å². The number of rotatable bonds is 5. The molecule has 1 aliphatic rings. The lowest BCUT2D eigenvalue weighted by molar-refractivity contribution is 0.0642. The van der Waals surface area contributed by atoms with Crippen LogP contribution in [0.1, 0.15) is 52.6 Å². The summed E-state index contributed by atoms with van der Waals surface area (Å²) in [6.45, 7) is 6.12. The van der Waals surface area contributed by atoms with Crippen LogP contribution >= 0.6 is 11.6 Å². The molecule has 0 spiro atoms. The highest BCUT2D eigenvalue weighted by Gasteiger charge is 2.40. The van der Waals surface area contributed by atoms with Crippen molar-refractivity contribution in [2.24, 2.45) is 0 Å². The van der Waals surface area contributed by atoms with E-state index in [9.17, 15) is 18.0 Å². The van der Waals surface area contributed by atoms with E-state index in [1.165, 1.54) is 24.3 Å². The summed E-state index contributed by atoms with van der Waals surface area (Å²) >= 11 is 6.23. The highest BCUT2D eigenvalue weighted by Crippen LogP contribution is 2.36. The zero-order valence-corrected chi connectivity index (χ0v) is 19.9. The van der Waals surface area contributed by atoms with Gasteiger partial charge in [0, 0.05) is 12.4 Å². The first-order valence-electron chi connectivity index (χ1n) is 10.2. The molecule has 0 aliphatic carbocycles. The van der Waals surface area contributed by atoms with Crippen molar-refractivity contribution >= 4 is 39.1 Å². The number of pyridine rings is 1. The van der Waals surface area contributed by atoms with E-state index in [2.05, 4.69) is 9.71 Å². The third-order valence-electron chi connectivity index (χ3n) is 5.44. The smallest absolute Gasteiger partial charge is 0.264 e. The highest BCUT2D eigenvalue weighted by atomic mass is 35.5. The molecule has 3 aromatic rings. The number of carbonyl (C=O) groups excluding carboxylic acids is 2. The van der Waals surface area contributed by atoms with Gasteiger partial charge in [0.1, 0.15) is 0 Å². The van der Waals surface area contributed by atoms with E-state index in [-0.39, 0.29) is 38.7 Å². The lowest BCUT2D eigenvalue weighted by atomic mass is 9.87. The zero-order chi connectivity index (χ0) is 24.0. The molecule has 0 unspecified atom stereocenters. The van der Waals surface area contributed by atoms with Gasteiger partial charge in [-0.3, -0.25) is 24.2 Å². The van der Waals surface area contributed by atoms with Crippen LogP contribution in [0, 0.1) is 0 Å². The topological polar surface area (TPSA) is 96.4 Å². The third-order valence-corrected chi connectivity index (χ3v) is 7.13. The molecule has 9 heteroatoms. The van der Waals surface area contributed by atoms with Gasteiger partial charge in [-0.25, -0.2) is 8.42 Å². The van der Waals surface area contributed by atoms with E-state index in [0.29, 0.717) is 5.56 Å². The lowest BCUT2D eigenvalue weighted by Gasteiger charge is -2.19. The predicted molar refractivity (Wildman–Crippen MR) is 126 cm³/mol. The van der Waals surface area contributed by atoms with Crippen molar-refractivity contribution in [3.8, 4) is 0 Å². The second-order valence-electron chi connectivity index (χ2n) is 8.78. The van der Waals surface area contributed by atoms with Crippen LogP contribution in [0.4, 0.5) is 5.69 Å². The molecule has 0 bridgehead atoms. The first-order valence-corrected chi connectivity index (χ1v) is 12.1. The standard InChI is InChI=1S/C24H22ClN3O4S/c1-24(2,3)16-4-6-17(7-5-16)33(31,32)27-19-9-8-18(25)20-21(19)23(30)28(22(20)29)14-15-10-12-26-13-11-15/h4-13,27H,14H2,1-3H3. The van der Waals surface area contributed by atoms with Gasteiger partial charge in [0.15, 0.2) is 0 Å². The minimum Gasteiger partial charge on any atom is -0.279 e. The molecule has 1 aliphatic heterocycles. The van der Waals surface area contributed by atoms with Crippen LogP contribution in [-0.4, -0.2) is 30.1 Å². The number of hydrogen-bond donors (Lipinski definition) is 1. The number of carbonyl (C=O) groups is 2. The molecule has 2 heterocycles. The Balaban J connectivity index is 1.68. The van der Waals surface area contributed by atoms with Gasteiger partial charge in [-0.15, -0.1) is 0 Å². The van der Waals surface area contributed by atoms with Crippen molar-refractivity contribution in [1.29, 1.82) is 0 Å². The molecule has 0 saturated carbocycles. The number of hydrogen-bond acceptors (Lipinski definition) is 5. The maximum Gasteiger partial charge on any atom is 0.264 e. The summed E-state index contributed by atoms with van der Waals surface area (Å²) in [5, 5.41) is 0.0815. The average Bonchev–Trinajstić information content (AvgIpc) is 3.02. The maximum atomic E-state index is 13.2. The number of fused-ring (bicyclic) bond motifs is 1. The molecular formula is C24H22ClN3O4S. The second kappa shape index (κ2) is 8.28. The van der Waals surface area contributed by atoms with Gasteiger partial charge in [-0.05, 0) is 52.9 Å². The van der Waals surface area contributed by atoms with Crippen LogP contribution in [-0.2, 0) is 22.0 Å². The number of aromatic nitrogens is 1. The minimum absolute atomic E-state index is 0.00452. The van der Waals surface area contributed by atoms with E-state index in [1.807, 2.05) is 20.8 Å². The van der Waals surface area contributed by atoms with Crippen molar-refractivity contribution in [1.82, 2.24) is 9.88 Å². The van der Waals surface area contributed by atoms with Gasteiger partial charge in [0.25, 0.3) is 21.8 Å². The van der Waals surface area contributed by atoms with Crippen molar-refractivity contribution < 1.29 is 18.0 Å². The van der Waals surface area contributed by atoms with E-state index < -0.39 is 21.8 Å². The van der Waals surface area contributed by atoms with E-state index in [0.717, 1.165) is 10.5 Å². The summed E-state index contributed by atoms with van der Waals surface area (Å²) in [5.41, 5.74) is 1.50. The molecule has 4 rings (SSSR count). The van der Waals surface area contributed by atoms with Crippen LogP contribution in [0.25, 0.3) is 0 Å². The molecule has 0 radical (unpaired) electrons. The van der Waals surface area contributed by atoms with Gasteiger partial charge < -0.3 is 0 Å². The SMILES string of the molecule is CC(C)(C)c1ccc(S(=O)(=O)Nc2ccc(Cl)c3c2C(=O)N(Cc2ccncc2)C3=O)cc1. The Kier molecular flexibility index (Phi) is 5.76. The average molecular weight is 484 g/mol. The van der Waals surface area contributed by atoms with Crippen LogP contribution in [0.5, 0.6) is 0 Å². The van der Waals surface area contributed by atoms with Crippen LogP contribution in [0.3, 0.4) is 0 Å². The summed E-state index contributed by atoms with van der Waals surface area (Å²) in [4.78, 5) is 31.2. The van der Waals surface area contributed by atoms with Crippen LogP contribution < -0.4 is 4.72 Å². The van der Waals surface area contributed by atoms with Gasteiger partial charge in [-0.2, -0.15) is 0 Å². The highest BCUT2D eigenvalue weighted by molar-refractivity contribution is 7.92. The number of anilines is 1. The summed E-state index contributed by atoms with van der Waals surface area (Å²) in [6, 6.07) is 12.7. The third kappa shape index (κ3) is 4.36. The lowest BCUT2D eigenvalue weighted by Crippen LogP contribution is -2.29. The molecule has 0 fully saturated rings. The fourth-order valence-electron chi connectivity index (χ4n) is 3.61. The monoisotopic (exact) mass is 483 g/mol. The van der Waals surface area contributed by atoms with Crippen molar-refractivity contribution in [3.05, 3.63) is 88.2 Å². The van der Waals surface area contributed by atoms with Crippen molar-refractivity contribution in [2.75, 3.05) is 4.72 Å². The number of imide groups is 1. The first-order chi connectivity index (χ1) is 15.5. The number of nitrogens with one attached hydrogen (secondary N) is 1. The Hall–Kier alpha value is -3.23. The van der Waals surface area contributed by atoms with Gasteiger partial charge in [-0.1, -0.05) is 44.5 Å². The van der Waals surface area contributed by atoms with Gasteiger partial charge in [0.2, 0.25) is 0 Å². The number of nitrogens with zero attached hydrogens (tertiary/aromatic N) is 2. The molecule has 1 N–H and O–H groups in total. The normalized spacial score (nSPS) is 13.9. The zero-order valence-electron chi connectivity index (χ0n) is 18.3. The maximum absolute atomic E-state index is 13.2. The van der Waals surface area contributed by atoms with E-state index >= 15 is 0 Å². The Bertz CT molecular complexity index is 1350. The van der Waals surface area contributed by atoms with Crippen molar-refractivity contribution in [3.63, 3.8) is 0 Å². The molecule has 0 atom stereocenters. The van der Waals surface area contributed by atoms with Gasteiger partial charge >= 0.3 is 0 Å². The second-order valence-corrected chi connectivity index (χ2v) is 10.9. The molecule has 170 valence electrons. The molecule has 1 aromatic heterocycles. The molecule has 0 saturated heterocycles. The fourth-order valence-corrected chi connectivity index (χ4v) is 4.92. The Morgan fingerprint density at radius 1 is 0.909 bits per heavy atom. The van der Waals surface area contributed by atoms with Gasteiger partial charge in [0.05, 0.1) is 33.3 Å². The first kappa shape index (κ1) is 22.9. The van der Waals surface area contributed by atoms with Crippen molar-refractivity contribution in [2.45, 2.75) is 37.6 Å². The predicted octanol–water partition coefficient (Wildman–Crippen LogP) is 4.63. The molecule has 33 heavy (non-hydrogen) atoms. The number of benzene rings is 2. The number of halogens is 1. The molecule has 2 amide bonds.